The molecule has 0 saturated carbocycles. The molecule has 1 aromatic carbocycles. The first-order valence-electron chi connectivity index (χ1n) is 8.67. The van der Waals surface area contributed by atoms with E-state index in [0.29, 0.717) is 34.8 Å². The number of nitrogen functional groups attached to an aromatic ring is 1. The molecule has 3 aromatic rings. The maximum atomic E-state index is 12.2. The second-order valence-corrected chi connectivity index (χ2v) is 6.01. The molecule has 2 heterocycles. The Balaban J connectivity index is 1.80. The first-order valence-corrected chi connectivity index (χ1v) is 8.67. The summed E-state index contributed by atoms with van der Waals surface area (Å²) >= 11 is 0. The van der Waals surface area contributed by atoms with Gasteiger partial charge in [0, 0.05) is 30.6 Å². The number of nitrogens with one attached hydrogen (secondary N) is 1. The molecular weight excluding hydrogens is 374 g/mol. The minimum absolute atomic E-state index is 0.116. The number of carbonyl (C=O) groups excluding carboxylic acids is 1. The molecule has 29 heavy (non-hydrogen) atoms. The van der Waals surface area contributed by atoms with Crippen LogP contribution in [0.2, 0.25) is 0 Å². The van der Waals surface area contributed by atoms with Gasteiger partial charge in [-0.15, -0.1) is 0 Å². The van der Waals surface area contributed by atoms with E-state index in [9.17, 15) is 4.79 Å². The largest absolute Gasteiger partial charge is 0.493 e. The fourth-order valence-corrected chi connectivity index (χ4v) is 2.74. The molecule has 0 saturated heterocycles. The zero-order chi connectivity index (χ0) is 20.8. The number of hydrogen-bond donors (Lipinski definition) is 2. The van der Waals surface area contributed by atoms with Gasteiger partial charge in [-0.3, -0.25) is 15.1 Å². The van der Waals surface area contributed by atoms with Crippen molar-refractivity contribution in [3.8, 4) is 17.2 Å². The molecule has 0 bridgehead atoms. The number of nitrogens with zero attached hydrogens (tertiary/aromatic N) is 3. The Morgan fingerprint density at radius 2 is 1.83 bits per heavy atom. The number of rotatable bonds is 7. The van der Waals surface area contributed by atoms with E-state index in [2.05, 4.69) is 20.3 Å². The maximum Gasteiger partial charge on any atom is 0.259 e. The predicted molar refractivity (Wildman–Crippen MR) is 108 cm³/mol. The van der Waals surface area contributed by atoms with Gasteiger partial charge in [0.1, 0.15) is 5.82 Å². The van der Waals surface area contributed by atoms with Crippen molar-refractivity contribution in [1.82, 2.24) is 15.0 Å². The Kier molecular flexibility index (Phi) is 6.08. The molecule has 3 rings (SSSR count). The first-order chi connectivity index (χ1) is 14.0. The van der Waals surface area contributed by atoms with Gasteiger partial charge in [-0.1, -0.05) is 0 Å². The highest BCUT2D eigenvalue weighted by atomic mass is 16.5. The van der Waals surface area contributed by atoms with Gasteiger partial charge >= 0.3 is 0 Å². The Morgan fingerprint density at radius 3 is 2.38 bits per heavy atom. The zero-order valence-corrected chi connectivity index (χ0v) is 16.3. The van der Waals surface area contributed by atoms with Crippen molar-refractivity contribution in [3.05, 3.63) is 59.5 Å². The topological polar surface area (TPSA) is 121 Å². The number of anilines is 2. The second-order valence-electron chi connectivity index (χ2n) is 6.01. The molecule has 0 aliphatic carbocycles. The minimum atomic E-state index is -0.366. The van der Waals surface area contributed by atoms with Crippen LogP contribution in [0.3, 0.4) is 0 Å². The number of carbonyl (C=O) groups is 1. The van der Waals surface area contributed by atoms with Crippen LogP contribution >= 0.6 is 0 Å². The highest BCUT2D eigenvalue weighted by Gasteiger charge is 2.15. The Bertz CT molecular complexity index is 986. The van der Waals surface area contributed by atoms with Crippen LogP contribution in [0, 0.1) is 0 Å². The molecule has 2 aromatic heterocycles. The van der Waals surface area contributed by atoms with E-state index in [4.69, 9.17) is 19.9 Å². The molecule has 0 spiro atoms. The number of hydrogen-bond acceptors (Lipinski definition) is 8. The Morgan fingerprint density at radius 1 is 1.10 bits per heavy atom. The molecule has 0 aliphatic heterocycles. The predicted octanol–water partition coefficient (Wildman–Crippen LogP) is 2.32. The number of ether oxygens (including phenoxy) is 3. The number of pyridine rings is 1. The summed E-state index contributed by atoms with van der Waals surface area (Å²) in [5.74, 6) is 1.61. The van der Waals surface area contributed by atoms with E-state index in [-0.39, 0.29) is 17.7 Å². The second kappa shape index (κ2) is 8.87. The quantitative estimate of drug-likeness (QED) is 0.625. The van der Waals surface area contributed by atoms with E-state index < -0.39 is 0 Å². The summed E-state index contributed by atoms with van der Waals surface area (Å²) in [6, 6.07) is 6.98. The smallest absolute Gasteiger partial charge is 0.259 e. The number of nitrogens with two attached hydrogens (primary N) is 1. The lowest BCUT2D eigenvalue weighted by Gasteiger charge is -2.14. The van der Waals surface area contributed by atoms with Crippen LogP contribution in [-0.2, 0) is 6.42 Å². The van der Waals surface area contributed by atoms with E-state index in [1.807, 2.05) is 12.1 Å². The number of methoxy groups -OCH3 is 3. The van der Waals surface area contributed by atoms with Crippen molar-refractivity contribution < 1.29 is 19.0 Å². The van der Waals surface area contributed by atoms with Crippen LogP contribution in [0.25, 0.3) is 0 Å². The van der Waals surface area contributed by atoms with Crippen LogP contribution in [0.4, 0.5) is 11.8 Å². The van der Waals surface area contributed by atoms with Gasteiger partial charge < -0.3 is 19.9 Å². The number of aromatic nitrogens is 3. The van der Waals surface area contributed by atoms with Crippen LogP contribution in [-0.4, -0.2) is 42.2 Å². The average Bonchev–Trinajstić information content (AvgIpc) is 2.75. The Labute approximate surface area is 167 Å². The molecule has 3 N–H and O–H groups in total. The van der Waals surface area contributed by atoms with E-state index >= 15 is 0 Å². The van der Waals surface area contributed by atoms with Crippen molar-refractivity contribution in [1.29, 1.82) is 0 Å². The lowest BCUT2D eigenvalue weighted by atomic mass is 10.1. The number of amides is 1. The van der Waals surface area contributed by atoms with Crippen molar-refractivity contribution in [2.75, 3.05) is 32.4 Å². The summed E-state index contributed by atoms with van der Waals surface area (Å²) in [5.41, 5.74) is 8.05. The fraction of sp³-hybridized carbons (Fsp3) is 0.200. The zero-order valence-electron chi connectivity index (χ0n) is 16.3. The van der Waals surface area contributed by atoms with Crippen molar-refractivity contribution in [3.63, 3.8) is 0 Å². The van der Waals surface area contributed by atoms with Crippen LogP contribution < -0.4 is 25.3 Å². The van der Waals surface area contributed by atoms with E-state index in [1.165, 1.54) is 6.20 Å². The molecule has 0 fully saturated rings. The van der Waals surface area contributed by atoms with Gasteiger partial charge in [0.25, 0.3) is 5.91 Å². The maximum absolute atomic E-state index is 12.2. The van der Waals surface area contributed by atoms with E-state index in [0.717, 1.165) is 5.56 Å². The summed E-state index contributed by atoms with van der Waals surface area (Å²) < 4.78 is 16.1. The minimum Gasteiger partial charge on any atom is -0.493 e. The van der Waals surface area contributed by atoms with Crippen LogP contribution in [0.5, 0.6) is 17.2 Å². The molecular formula is C20H21N5O4. The summed E-state index contributed by atoms with van der Waals surface area (Å²) in [6.07, 6.45) is 5.06. The third-order valence-electron chi connectivity index (χ3n) is 4.17. The molecule has 9 heteroatoms. The molecule has 9 nitrogen and oxygen atoms in total. The highest BCUT2D eigenvalue weighted by molar-refractivity contribution is 6.03. The van der Waals surface area contributed by atoms with Crippen molar-refractivity contribution in [2.24, 2.45) is 0 Å². The third-order valence-corrected chi connectivity index (χ3v) is 4.17. The van der Waals surface area contributed by atoms with Crippen molar-refractivity contribution in [2.45, 2.75) is 6.42 Å². The van der Waals surface area contributed by atoms with Gasteiger partial charge in [0.05, 0.1) is 26.9 Å². The number of benzene rings is 1. The fourth-order valence-electron chi connectivity index (χ4n) is 2.74. The van der Waals surface area contributed by atoms with Gasteiger partial charge in [-0.05, 0) is 29.8 Å². The van der Waals surface area contributed by atoms with Gasteiger partial charge in [-0.25, -0.2) is 4.98 Å². The monoisotopic (exact) mass is 395 g/mol. The summed E-state index contributed by atoms with van der Waals surface area (Å²) in [6.45, 7) is 0. The average molecular weight is 395 g/mol. The molecule has 0 radical (unpaired) electrons. The lowest BCUT2D eigenvalue weighted by Crippen LogP contribution is -2.15. The standard InChI is InChI=1S/C20H21N5O4/c1-27-15-8-12(9-16(28-2)17(15)29-3)7-14-11-23-20(24-18(14)21)25-19(26)13-5-4-6-22-10-13/h4-6,8-11H,7H2,1-3H3,(H3,21,23,24,25,26). The summed E-state index contributed by atoms with van der Waals surface area (Å²) in [7, 11) is 4.65. The SMILES string of the molecule is COc1cc(Cc2cnc(NC(=O)c3cccnc3)nc2N)cc(OC)c1OC. The van der Waals surface area contributed by atoms with Crippen LogP contribution in [0.15, 0.2) is 42.9 Å². The summed E-state index contributed by atoms with van der Waals surface area (Å²) in [4.78, 5) is 24.5. The normalized spacial score (nSPS) is 10.3. The first kappa shape index (κ1) is 19.9. The molecule has 0 atom stereocenters. The summed E-state index contributed by atoms with van der Waals surface area (Å²) in [5, 5.41) is 2.60. The van der Waals surface area contributed by atoms with E-state index in [1.54, 1.807) is 45.9 Å². The Hall–Kier alpha value is -3.88. The molecule has 150 valence electrons. The molecule has 0 aliphatic rings. The molecule has 1 amide bonds. The molecule has 0 unspecified atom stereocenters. The lowest BCUT2D eigenvalue weighted by molar-refractivity contribution is 0.102. The van der Waals surface area contributed by atoms with Gasteiger partial charge in [-0.2, -0.15) is 4.98 Å². The highest BCUT2D eigenvalue weighted by Crippen LogP contribution is 2.38. The van der Waals surface area contributed by atoms with Crippen LogP contribution in [0.1, 0.15) is 21.5 Å². The van der Waals surface area contributed by atoms with Gasteiger partial charge in [0.2, 0.25) is 11.7 Å². The third kappa shape index (κ3) is 4.52. The van der Waals surface area contributed by atoms with Crippen molar-refractivity contribution >= 4 is 17.7 Å². The van der Waals surface area contributed by atoms with Gasteiger partial charge in [0.15, 0.2) is 11.5 Å².